The zero-order valence-electron chi connectivity index (χ0n) is 12.1. The molecule has 0 saturated carbocycles. The van der Waals surface area contributed by atoms with Crippen LogP contribution in [0.15, 0.2) is 42.7 Å². The second-order valence-corrected chi connectivity index (χ2v) is 5.27. The number of pyridine rings is 1. The SMILES string of the molecule is Cc1cccc(Cl)c1NC(=O)CN[C@H](C)c1ccncc1. The molecule has 5 heteroatoms. The topological polar surface area (TPSA) is 54.0 Å². The van der Waals surface area contributed by atoms with Gasteiger partial charge in [0.1, 0.15) is 0 Å². The first kappa shape index (κ1) is 15.5. The number of para-hydroxylation sites is 1. The van der Waals surface area contributed by atoms with E-state index in [9.17, 15) is 4.79 Å². The second kappa shape index (κ2) is 7.20. The van der Waals surface area contributed by atoms with Crippen LogP contribution in [0.3, 0.4) is 0 Å². The maximum Gasteiger partial charge on any atom is 0.238 e. The van der Waals surface area contributed by atoms with Crippen molar-refractivity contribution in [2.24, 2.45) is 0 Å². The molecule has 1 amide bonds. The van der Waals surface area contributed by atoms with Crippen molar-refractivity contribution in [1.82, 2.24) is 10.3 Å². The average Bonchev–Trinajstić information content (AvgIpc) is 2.49. The maximum atomic E-state index is 12.0. The lowest BCUT2D eigenvalue weighted by Gasteiger charge is -2.15. The third-order valence-corrected chi connectivity index (χ3v) is 3.58. The summed E-state index contributed by atoms with van der Waals surface area (Å²) in [6, 6.07) is 9.45. The molecule has 0 aliphatic heterocycles. The molecule has 0 fully saturated rings. The largest absolute Gasteiger partial charge is 0.323 e. The Morgan fingerprint density at radius 2 is 2.00 bits per heavy atom. The number of benzene rings is 1. The van der Waals surface area contributed by atoms with Crippen molar-refractivity contribution in [3.63, 3.8) is 0 Å². The van der Waals surface area contributed by atoms with E-state index >= 15 is 0 Å². The molecule has 0 aliphatic carbocycles. The molecule has 1 atom stereocenters. The Balaban J connectivity index is 1.91. The summed E-state index contributed by atoms with van der Waals surface area (Å²) >= 11 is 6.09. The van der Waals surface area contributed by atoms with E-state index in [2.05, 4.69) is 15.6 Å². The van der Waals surface area contributed by atoms with E-state index in [0.717, 1.165) is 11.1 Å². The highest BCUT2D eigenvalue weighted by atomic mass is 35.5. The number of hydrogen-bond acceptors (Lipinski definition) is 3. The molecule has 2 aromatic rings. The van der Waals surface area contributed by atoms with E-state index in [4.69, 9.17) is 11.6 Å². The molecule has 0 saturated heterocycles. The van der Waals surface area contributed by atoms with E-state index in [1.54, 1.807) is 18.5 Å². The van der Waals surface area contributed by atoms with Gasteiger partial charge in [0, 0.05) is 18.4 Å². The van der Waals surface area contributed by atoms with Gasteiger partial charge in [-0.15, -0.1) is 0 Å². The van der Waals surface area contributed by atoms with Crippen molar-refractivity contribution in [3.8, 4) is 0 Å². The average molecular weight is 304 g/mol. The second-order valence-electron chi connectivity index (χ2n) is 4.86. The van der Waals surface area contributed by atoms with E-state index in [-0.39, 0.29) is 18.5 Å². The van der Waals surface area contributed by atoms with Gasteiger partial charge in [0.25, 0.3) is 0 Å². The monoisotopic (exact) mass is 303 g/mol. The van der Waals surface area contributed by atoms with Crippen molar-refractivity contribution in [3.05, 3.63) is 58.9 Å². The molecule has 1 aromatic carbocycles. The van der Waals surface area contributed by atoms with Crippen molar-refractivity contribution < 1.29 is 4.79 Å². The number of nitrogens with one attached hydrogen (secondary N) is 2. The molecule has 0 unspecified atom stereocenters. The standard InChI is InChI=1S/C16H18ClN3O/c1-11-4-3-5-14(17)16(11)20-15(21)10-19-12(2)13-6-8-18-9-7-13/h3-9,12,19H,10H2,1-2H3,(H,20,21)/t12-/m1/s1. The van der Waals surface area contributed by atoms with Crippen LogP contribution in [0.4, 0.5) is 5.69 Å². The van der Waals surface area contributed by atoms with E-state index in [1.165, 1.54) is 0 Å². The summed E-state index contributed by atoms with van der Waals surface area (Å²) in [5.74, 6) is -0.118. The molecule has 21 heavy (non-hydrogen) atoms. The van der Waals surface area contributed by atoms with Crippen molar-refractivity contribution >= 4 is 23.2 Å². The zero-order chi connectivity index (χ0) is 15.2. The smallest absolute Gasteiger partial charge is 0.238 e. The van der Waals surface area contributed by atoms with Gasteiger partial charge in [0.2, 0.25) is 5.91 Å². The van der Waals surface area contributed by atoms with Crippen molar-refractivity contribution in [2.45, 2.75) is 19.9 Å². The first-order valence-corrected chi connectivity index (χ1v) is 7.14. The van der Waals surface area contributed by atoms with Gasteiger partial charge in [0.15, 0.2) is 0 Å². The van der Waals surface area contributed by atoms with Crippen molar-refractivity contribution in [2.75, 3.05) is 11.9 Å². The number of nitrogens with zero attached hydrogens (tertiary/aromatic N) is 1. The molecule has 0 spiro atoms. The van der Waals surface area contributed by atoms with E-state index in [1.807, 2.05) is 38.1 Å². The summed E-state index contributed by atoms with van der Waals surface area (Å²) in [5.41, 5.74) is 2.70. The minimum Gasteiger partial charge on any atom is -0.323 e. The Kier molecular flexibility index (Phi) is 5.31. The van der Waals surface area contributed by atoms with E-state index in [0.29, 0.717) is 10.7 Å². The summed E-state index contributed by atoms with van der Waals surface area (Å²) in [6.45, 7) is 4.13. The van der Waals surface area contributed by atoms with Gasteiger partial charge in [-0.05, 0) is 43.2 Å². The third kappa shape index (κ3) is 4.28. The van der Waals surface area contributed by atoms with Crippen molar-refractivity contribution in [1.29, 1.82) is 0 Å². The first-order chi connectivity index (χ1) is 10.1. The van der Waals surface area contributed by atoms with Crippen LogP contribution in [0.2, 0.25) is 5.02 Å². The predicted octanol–water partition coefficient (Wildman–Crippen LogP) is 3.33. The summed E-state index contributed by atoms with van der Waals surface area (Å²) in [6.07, 6.45) is 3.47. The molecule has 110 valence electrons. The fourth-order valence-electron chi connectivity index (χ4n) is 1.99. The molecule has 1 aromatic heterocycles. The Hall–Kier alpha value is -1.91. The number of carbonyl (C=O) groups is 1. The number of carbonyl (C=O) groups excluding carboxylic acids is 1. The molecule has 0 radical (unpaired) electrons. The van der Waals surface area contributed by atoms with Crippen LogP contribution in [0.5, 0.6) is 0 Å². The van der Waals surface area contributed by atoms with Crippen LogP contribution in [-0.4, -0.2) is 17.4 Å². The normalized spacial score (nSPS) is 12.0. The molecule has 0 aliphatic rings. The summed E-state index contributed by atoms with van der Waals surface area (Å²) < 4.78 is 0. The van der Waals surface area contributed by atoms with Crippen LogP contribution >= 0.6 is 11.6 Å². The first-order valence-electron chi connectivity index (χ1n) is 6.76. The third-order valence-electron chi connectivity index (χ3n) is 3.26. The number of hydrogen-bond donors (Lipinski definition) is 2. The Morgan fingerprint density at radius 3 is 2.67 bits per heavy atom. The highest BCUT2D eigenvalue weighted by molar-refractivity contribution is 6.33. The maximum absolute atomic E-state index is 12.0. The molecular formula is C16H18ClN3O. The zero-order valence-corrected chi connectivity index (χ0v) is 12.8. The van der Waals surface area contributed by atoms with E-state index < -0.39 is 0 Å². The van der Waals surface area contributed by atoms with Gasteiger partial charge >= 0.3 is 0 Å². The van der Waals surface area contributed by atoms with Gasteiger partial charge in [-0.3, -0.25) is 9.78 Å². The fourth-order valence-corrected chi connectivity index (χ4v) is 2.26. The van der Waals surface area contributed by atoms with Crippen LogP contribution < -0.4 is 10.6 Å². The number of halogens is 1. The van der Waals surface area contributed by atoms with Gasteiger partial charge in [-0.2, -0.15) is 0 Å². The summed E-state index contributed by atoms with van der Waals surface area (Å²) in [4.78, 5) is 16.0. The number of amides is 1. The molecular weight excluding hydrogens is 286 g/mol. The molecule has 1 heterocycles. The van der Waals surface area contributed by atoms with Gasteiger partial charge in [-0.25, -0.2) is 0 Å². The molecule has 2 N–H and O–H groups in total. The Labute approximate surface area is 129 Å². The predicted molar refractivity (Wildman–Crippen MR) is 85.5 cm³/mol. The van der Waals surface area contributed by atoms with Gasteiger partial charge in [-0.1, -0.05) is 23.7 Å². The lowest BCUT2D eigenvalue weighted by molar-refractivity contribution is -0.115. The van der Waals surface area contributed by atoms with Crippen LogP contribution in [0.1, 0.15) is 24.1 Å². The van der Waals surface area contributed by atoms with Gasteiger partial charge in [0.05, 0.1) is 17.3 Å². The van der Waals surface area contributed by atoms with Crippen LogP contribution in [0, 0.1) is 6.92 Å². The summed E-state index contributed by atoms with van der Waals surface area (Å²) in [7, 11) is 0. The van der Waals surface area contributed by atoms with Crippen LogP contribution in [0.25, 0.3) is 0 Å². The quantitative estimate of drug-likeness (QED) is 0.891. The summed E-state index contributed by atoms with van der Waals surface area (Å²) in [5, 5.41) is 6.56. The highest BCUT2D eigenvalue weighted by Crippen LogP contribution is 2.25. The van der Waals surface area contributed by atoms with Crippen LogP contribution in [-0.2, 0) is 4.79 Å². The van der Waals surface area contributed by atoms with Gasteiger partial charge < -0.3 is 10.6 Å². The lowest BCUT2D eigenvalue weighted by atomic mass is 10.1. The molecule has 2 rings (SSSR count). The Morgan fingerprint density at radius 1 is 1.29 bits per heavy atom. The number of anilines is 1. The minimum atomic E-state index is -0.118. The fraction of sp³-hybridized carbons (Fsp3) is 0.250. The number of aromatic nitrogens is 1. The lowest BCUT2D eigenvalue weighted by Crippen LogP contribution is -2.30. The molecule has 0 bridgehead atoms. The minimum absolute atomic E-state index is 0.0751. The number of rotatable bonds is 5. The number of aryl methyl sites for hydroxylation is 1. The molecule has 4 nitrogen and oxygen atoms in total. The highest BCUT2D eigenvalue weighted by Gasteiger charge is 2.10. The Bertz CT molecular complexity index is 596.